The molecule has 0 radical (unpaired) electrons. The molecule has 0 bridgehead atoms. The number of hydrogen-bond donors (Lipinski definition) is 1. The van der Waals surface area contributed by atoms with Crippen molar-refractivity contribution in [2.24, 2.45) is 0 Å². The van der Waals surface area contributed by atoms with Gasteiger partial charge < -0.3 is 10.2 Å². The highest BCUT2D eigenvalue weighted by molar-refractivity contribution is 7.20. The first-order chi connectivity index (χ1) is 13.0. The summed E-state index contributed by atoms with van der Waals surface area (Å²) < 4.78 is 14.6. The van der Waals surface area contributed by atoms with Crippen molar-refractivity contribution in [1.29, 1.82) is 0 Å². The van der Waals surface area contributed by atoms with E-state index in [-0.39, 0.29) is 11.7 Å². The Bertz CT molecular complexity index is 1040. The number of fused-ring (bicyclic) bond motifs is 1. The van der Waals surface area contributed by atoms with Crippen LogP contribution in [0.25, 0.3) is 10.1 Å². The first-order valence-corrected chi connectivity index (χ1v) is 9.80. The van der Waals surface area contributed by atoms with Gasteiger partial charge in [-0.15, -0.1) is 11.3 Å². The van der Waals surface area contributed by atoms with E-state index in [1.54, 1.807) is 35.2 Å². The molecule has 4 nitrogen and oxygen atoms in total. The zero-order chi connectivity index (χ0) is 19.0. The van der Waals surface area contributed by atoms with E-state index >= 15 is 0 Å². The molecule has 0 atom stereocenters. The van der Waals surface area contributed by atoms with Crippen LogP contribution in [-0.4, -0.2) is 29.8 Å². The van der Waals surface area contributed by atoms with Crippen LogP contribution in [0.2, 0.25) is 5.02 Å². The lowest BCUT2D eigenvalue weighted by Crippen LogP contribution is -2.28. The second-order valence-electron chi connectivity index (χ2n) is 6.41. The zero-order valence-corrected chi connectivity index (χ0v) is 15.9. The molecule has 138 valence electrons. The fourth-order valence-corrected chi connectivity index (χ4v) is 4.36. The van der Waals surface area contributed by atoms with Gasteiger partial charge in [0.15, 0.2) is 0 Å². The molecule has 0 spiro atoms. The third-order valence-electron chi connectivity index (χ3n) is 4.59. The zero-order valence-electron chi connectivity index (χ0n) is 14.3. The van der Waals surface area contributed by atoms with Crippen molar-refractivity contribution >= 4 is 50.5 Å². The van der Waals surface area contributed by atoms with Gasteiger partial charge >= 0.3 is 0 Å². The third-order valence-corrected chi connectivity index (χ3v) is 5.92. The Morgan fingerprint density at radius 3 is 2.63 bits per heavy atom. The lowest BCUT2D eigenvalue weighted by Gasteiger charge is -2.18. The molecule has 1 aliphatic heterocycles. The summed E-state index contributed by atoms with van der Waals surface area (Å²) in [7, 11) is 0. The number of rotatable bonds is 3. The highest BCUT2D eigenvalue weighted by Crippen LogP contribution is 2.29. The van der Waals surface area contributed by atoms with Crippen LogP contribution in [-0.2, 0) is 0 Å². The predicted molar refractivity (Wildman–Crippen MR) is 106 cm³/mol. The van der Waals surface area contributed by atoms with E-state index in [2.05, 4.69) is 5.32 Å². The van der Waals surface area contributed by atoms with Crippen molar-refractivity contribution < 1.29 is 14.0 Å². The van der Waals surface area contributed by atoms with Crippen LogP contribution in [0.4, 0.5) is 10.1 Å². The van der Waals surface area contributed by atoms with Gasteiger partial charge in [0.25, 0.3) is 11.8 Å². The molecule has 1 saturated heterocycles. The van der Waals surface area contributed by atoms with Crippen molar-refractivity contribution in [2.75, 3.05) is 18.4 Å². The van der Waals surface area contributed by atoms with Gasteiger partial charge in [0.05, 0.1) is 16.1 Å². The number of hydrogen-bond acceptors (Lipinski definition) is 3. The smallest absolute Gasteiger partial charge is 0.265 e. The van der Waals surface area contributed by atoms with Gasteiger partial charge in [-0.2, -0.15) is 0 Å². The monoisotopic (exact) mass is 402 g/mol. The quantitative estimate of drug-likeness (QED) is 0.656. The second kappa shape index (κ2) is 7.29. The number of carbonyl (C=O) groups excluding carboxylic acids is 2. The first-order valence-electron chi connectivity index (χ1n) is 8.61. The average Bonchev–Trinajstić information content (AvgIpc) is 3.32. The highest BCUT2D eigenvalue weighted by atomic mass is 35.5. The molecule has 0 saturated carbocycles. The predicted octanol–water partition coefficient (Wildman–Crippen LogP) is 5.18. The van der Waals surface area contributed by atoms with Crippen molar-refractivity contribution in [2.45, 2.75) is 12.8 Å². The van der Waals surface area contributed by atoms with Crippen LogP contribution in [0, 0.1) is 5.82 Å². The number of nitrogens with zero attached hydrogens (tertiary/aromatic N) is 1. The lowest BCUT2D eigenvalue weighted by atomic mass is 10.1. The highest BCUT2D eigenvalue weighted by Gasteiger charge is 2.23. The van der Waals surface area contributed by atoms with Gasteiger partial charge in [-0.1, -0.05) is 17.7 Å². The number of anilines is 1. The van der Waals surface area contributed by atoms with Crippen LogP contribution in [0.3, 0.4) is 0 Å². The Balaban J connectivity index is 1.64. The van der Waals surface area contributed by atoms with Gasteiger partial charge in [0.2, 0.25) is 0 Å². The summed E-state index contributed by atoms with van der Waals surface area (Å²) >= 11 is 7.27. The molecule has 2 aromatic carbocycles. The van der Waals surface area contributed by atoms with Crippen molar-refractivity contribution in [1.82, 2.24) is 4.90 Å². The fourth-order valence-electron chi connectivity index (χ4n) is 3.22. The van der Waals surface area contributed by atoms with Crippen LogP contribution in [0.5, 0.6) is 0 Å². The minimum Gasteiger partial charge on any atom is -0.339 e. The molecule has 2 amide bonds. The Morgan fingerprint density at radius 1 is 1.11 bits per heavy atom. The summed E-state index contributed by atoms with van der Waals surface area (Å²) in [6.45, 7) is 1.43. The summed E-state index contributed by atoms with van der Waals surface area (Å²) in [5.74, 6) is -0.884. The molecule has 3 aromatic rings. The molecule has 1 N–H and O–H groups in total. The second-order valence-corrected chi connectivity index (χ2v) is 7.93. The average molecular weight is 403 g/mol. The van der Waals surface area contributed by atoms with Crippen LogP contribution in [0.1, 0.15) is 32.9 Å². The summed E-state index contributed by atoms with van der Waals surface area (Å²) in [4.78, 5) is 27.6. The molecular formula is C20H16ClFN2O2S. The third kappa shape index (κ3) is 3.55. The SMILES string of the molecule is O=C(Nc1cc(Cl)ccc1C(=O)N1CCCC1)c1cc2c(F)cccc2s1. The summed E-state index contributed by atoms with van der Waals surface area (Å²) in [6.07, 6.45) is 1.96. The van der Waals surface area contributed by atoms with Gasteiger partial charge in [-0.3, -0.25) is 9.59 Å². The van der Waals surface area contributed by atoms with E-state index in [0.717, 1.165) is 12.8 Å². The topological polar surface area (TPSA) is 49.4 Å². The summed E-state index contributed by atoms with van der Waals surface area (Å²) in [5.41, 5.74) is 0.768. The molecule has 1 fully saturated rings. The van der Waals surface area contributed by atoms with Crippen molar-refractivity contribution in [3.63, 3.8) is 0 Å². The maximum Gasteiger partial charge on any atom is 0.265 e. The summed E-state index contributed by atoms with van der Waals surface area (Å²) in [6, 6.07) is 11.1. The van der Waals surface area contributed by atoms with E-state index in [1.165, 1.54) is 23.5 Å². The lowest BCUT2D eigenvalue weighted by molar-refractivity contribution is 0.0794. The minimum atomic E-state index is -0.395. The molecule has 2 heterocycles. The molecular weight excluding hydrogens is 387 g/mol. The number of carbonyl (C=O) groups is 2. The molecule has 1 aromatic heterocycles. The Hall–Kier alpha value is -2.44. The molecule has 27 heavy (non-hydrogen) atoms. The van der Waals surface area contributed by atoms with Gasteiger partial charge in [-0.25, -0.2) is 4.39 Å². The number of thiophene rings is 1. The van der Waals surface area contributed by atoms with E-state index in [4.69, 9.17) is 11.6 Å². The van der Waals surface area contributed by atoms with Crippen molar-refractivity contribution in [3.8, 4) is 0 Å². The molecule has 0 aliphatic carbocycles. The molecule has 4 rings (SSSR count). The van der Waals surface area contributed by atoms with Crippen LogP contribution in [0.15, 0.2) is 42.5 Å². The van der Waals surface area contributed by atoms with E-state index < -0.39 is 5.91 Å². The Morgan fingerprint density at radius 2 is 1.89 bits per heavy atom. The molecule has 0 unspecified atom stereocenters. The van der Waals surface area contributed by atoms with Crippen LogP contribution < -0.4 is 5.32 Å². The fraction of sp³-hybridized carbons (Fsp3) is 0.200. The number of likely N-dealkylation sites (tertiary alicyclic amines) is 1. The number of amides is 2. The summed E-state index contributed by atoms with van der Waals surface area (Å²) in [5, 5.41) is 3.60. The first kappa shape index (κ1) is 17.9. The van der Waals surface area contributed by atoms with Gasteiger partial charge in [0, 0.05) is 28.2 Å². The minimum absolute atomic E-state index is 0.123. The van der Waals surface area contributed by atoms with Crippen molar-refractivity contribution in [3.05, 3.63) is 63.7 Å². The Kier molecular flexibility index (Phi) is 4.85. The standard InChI is InChI=1S/C20H16ClFN2O2S/c21-12-6-7-13(20(26)24-8-1-2-9-24)16(10-12)23-19(25)18-11-14-15(22)4-3-5-17(14)27-18/h3-7,10-11H,1-2,8-9H2,(H,23,25). The maximum atomic E-state index is 13.9. The van der Waals surface area contributed by atoms with E-state index in [1.807, 2.05) is 0 Å². The van der Waals surface area contributed by atoms with Gasteiger partial charge in [-0.05, 0) is 49.2 Å². The van der Waals surface area contributed by atoms with Gasteiger partial charge in [0.1, 0.15) is 5.82 Å². The molecule has 7 heteroatoms. The maximum absolute atomic E-state index is 13.9. The molecule has 1 aliphatic rings. The number of halogens is 2. The Labute approximate surface area is 164 Å². The van der Waals surface area contributed by atoms with E-state index in [9.17, 15) is 14.0 Å². The largest absolute Gasteiger partial charge is 0.339 e. The normalized spacial score (nSPS) is 13.9. The number of benzene rings is 2. The van der Waals surface area contributed by atoms with E-state index in [0.29, 0.717) is 44.3 Å². The number of nitrogens with one attached hydrogen (secondary N) is 1. The van der Waals surface area contributed by atoms with Crippen LogP contribution >= 0.6 is 22.9 Å².